The molecule has 8 heteroatoms. The van der Waals surface area contributed by atoms with Crippen LogP contribution in [0.3, 0.4) is 0 Å². The van der Waals surface area contributed by atoms with Crippen molar-refractivity contribution in [1.82, 2.24) is 9.97 Å². The van der Waals surface area contributed by atoms with Gasteiger partial charge in [-0.15, -0.1) is 0 Å². The van der Waals surface area contributed by atoms with Gasteiger partial charge >= 0.3 is 0 Å². The normalized spacial score (nSPS) is 17.9. The van der Waals surface area contributed by atoms with Crippen molar-refractivity contribution < 1.29 is 9.59 Å². The van der Waals surface area contributed by atoms with E-state index in [1.165, 1.54) is 5.56 Å². The fourth-order valence-corrected chi connectivity index (χ4v) is 5.20. The average Bonchev–Trinajstić information content (AvgIpc) is 2.86. The summed E-state index contributed by atoms with van der Waals surface area (Å²) >= 11 is 0. The maximum absolute atomic E-state index is 13.2. The van der Waals surface area contributed by atoms with Gasteiger partial charge in [0.25, 0.3) is 5.56 Å². The van der Waals surface area contributed by atoms with Crippen LogP contribution in [-0.4, -0.2) is 34.9 Å². The van der Waals surface area contributed by atoms with Crippen molar-refractivity contribution >= 4 is 29.3 Å². The first kappa shape index (κ1) is 23.8. The Morgan fingerprint density at radius 1 is 1.08 bits per heavy atom. The average molecular weight is 486 g/mol. The molecule has 0 radical (unpaired) electrons. The van der Waals surface area contributed by atoms with Gasteiger partial charge in [-0.05, 0) is 56.2 Å². The number of amides is 2. The summed E-state index contributed by atoms with van der Waals surface area (Å²) in [6.45, 7) is 5.43. The van der Waals surface area contributed by atoms with E-state index < -0.39 is 5.92 Å². The maximum atomic E-state index is 13.2. The molecule has 3 N–H and O–H groups in total. The standard InChI is InChI=1S/C28H31N5O3/c1-17-8-9-22(18(2)14-17)29-26(35)21-16-23(34)30-25-24(21)27(36)32-28(31-25)33-12-10-20(11-13-33)15-19-6-4-3-5-7-19/h3-9,14,20-21H,10-13,15-16H2,1-2H3,(H,29,35)(H2,30,31,32,34,36)/t21-/m1/s1. The number of benzene rings is 2. The molecule has 3 heterocycles. The molecule has 2 aliphatic rings. The highest BCUT2D eigenvalue weighted by molar-refractivity contribution is 6.04. The lowest BCUT2D eigenvalue weighted by Gasteiger charge is -2.33. The van der Waals surface area contributed by atoms with Gasteiger partial charge in [-0.2, -0.15) is 4.98 Å². The van der Waals surface area contributed by atoms with Crippen molar-refractivity contribution in [3.63, 3.8) is 0 Å². The summed E-state index contributed by atoms with van der Waals surface area (Å²) in [4.78, 5) is 48.3. The Kier molecular flexibility index (Phi) is 6.59. The van der Waals surface area contributed by atoms with E-state index in [2.05, 4.69) is 49.8 Å². The maximum Gasteiger partial charge on any atom is 0.258 e. The Balaban J connectivity index is 1.32. The van der Waals surface area contributed by atoms with E-state index in [-0.39, 0.29) is 35.2 Å². The number of hydrogen-bond acceptors (Lipinski definition) is 5. The Labute approximate surface area is 210 Å². The number of fused-ring (bicyclic) bond motifs is 1. The number of aromatic amines is 1. The number of aromatic nitrogens is 2. The molecular weight excluding hydrogens is 454 g/mol. The van der Waals surface area contributed by atoms with Gasteiger partial charge in [0.05, 0.1) is 11.5 Å². The van der Waals surface area contributed by atoms with Crippen LogP contribution in [0.4, 0.5) is 17.5 Å². The number of piperidine rings is 1. The van der Waals surface area contributed by atoms with Crippen LogP contribution in [0.15, 0.2) is 53.3 Å². The number of H-pyrrole nitrogens is 1. The summed E-state index contributed by atoms with van der Waals surface area (Å²) in [5.41, 5.74) is 3.83. The molecule has 8 nitrogen and oxygen atoms in total. The zero-order valence-electron chi connectivity index (χ0n) is 20.6. The molecule has 186 valence electrons. The van der Waals surface area contributed by atoms with Gasteiger partial charge < -0.3 is 15.5 Å². The van der Waals surface area contributed by atoms with Crippen LogP contribution >= 0.6 is 0 Å². The third-order valence-electron chi connectivity index (χ3n) is 7.18. The van der Waals surface area contributed by atoms with Crippen LogP contribution in [-0.2, 0) is 16.0 Å². The first-order chi connectivity index (χ1) is 17.4. The molecule has 0 bridgehead atoms. The largest absolute Gasteiger partial charge is 0.342 e. The first-order valence-electron chi connectivity index (χ1n) is 12.5. The van der Waals surface area contributed by atoms with Gasteiger partial charge in [-0.25, -0.2) is 0 Å². The minimum atomic E-state index is -0.906. The Bertz CT molecular complexity index is 1340. The number of hydrogen-bond donors (Lipinski definition) is 3. The minimum absolute atomic E-state index is 0.0985. The van der Waals surface area contributed by atoms with Crippen molar-refractivity contribution in [2.45, 2.75) is 45.4 Å². The minimum Gasteiger partial charge on any atom is -0.342 e. The van der Waals surface area contributed by atoms with E-state index in [4.69, 9.17) is 0 Å². The highest BCUT2D eigenvalue weighted by Gasteiger charge is 2.35. The Morgan fingerprint density at radius 3 is 2.56 bits per heavy atom. The summed E-state index contributed by atoms with van der Waals surface area (Å²) in [5, 5.41) is 5.60. The second kappa shape index (κ2) is 9.97. The van der Waals surface area contributed by atoms with Crippen LogP contribution in [0.5, 0.6) is 0 Å². The quantitative estimate of drug-likeness (QED) is 0.508. The predicted octanol–water partition coefficient (Wildman–Crippen LogP) is 3.91. The van der Waals surface area contributed by atoms with Gasteiger partial charge in [-0.3, -0.25) is 19.4 Å². The van der Waals surface area contributed by atoms with Gasteiger partial charge in [0.1, 0.15) is 5.82 Å². The van der Waals surface area contributed by atoms with E-state index in [0.29, 0.717) is 17.6 Å². The lowest BCUT2D eigenvalue weighted by Crippen LogP contribution is -2.40. The van der Waals surface area contributed by atoms with E-state index in [1.54, 1.807) is 0 Å². The number of aryl methyl sites for hydroxylation is 2. The van der Waals surface area contributed by atoms with Gasteiger partial charge in [0, 0.05) is 25.2 Å². The lowest BCUT2D eigenvalue weighted by molar-refractivity contribution is -0.123. The third kappa shape index (κ3) is 5.03. The lowest BCUT2D eigenvalue weighted by atomic mass is 9.90. The molecule has 36 heavy (non-hydrogen) atoms. The van der Waals surface area contributed by atoms with Crippen LogP contribution in [0.1, 0.15) is 47.4 Å². The fraction of sp³-hybridized carbons (Fsp3) is 0.357. The molecule has 0 saturated carbocycles. The second-order valence-electron chi connectivity index (χ2n) is 9.88. The molecule has 0 unspecified atom stereocenters. The highest BCUT2D eigenvalue weighted by Crippen LogP contribution is 2.31. The molecule has 3 aromatic rings. The van der Waals surface area contributed by atoms with Crippen LogP contribution in [0.25, 0.3) is 0 Å². The Hall–Kier alpha value is -3.94. The molecular formula is C28H31N5O3. The zero-order valence-corrected chi connectivity index (χ0v) is 20.6. The molecule has 0 aliphatic carbocycles. The van der Waals surface area contributed by atoms with Gasteiger partial charge in [0.15, 0.2) is 0 Å². The van der Waals surface area contributed by atoms with Crippen molar-refractivity contribution in [1.29, 1.82) is 0 Å². The molecule has 2 amide bonds. The summed E-state index contributed by atoms with van der Waals surface area (Å²) in [5.74, 6) is -0.430. The van der Waals surface area contributed by atoms with Crippen molar-refractivity contribution in [2.75, 3.05) is 28.6 Å². The number of carbonyl (C=O) groups is 2. The summed E-state index contributed by atoms with van der Waals surface area (Å²) in [6, 6.07) is 16.2. The fourth-order valence-electron chi connectivity index (χ4n) is 5.20. The summed E-state index contributed by atoms with van der Waals surface area (Å²) in [6.07, 6.45) is 2.92. The van der Waals surface area contributed by atoms with Crippen LogP contribution < -0.4 is 21.1 Å². The van der Waals surface area contributed by atoms with Crippen molar-refractivity contribution in [3.8, 4) is 0 Å². The molecule has 1 fully saturated rings. The number of anilines is 3. The summed E-state index contributed by atoms with van der Waals surface area (Å²) < 4.78 is 0. The molecule has 5 rings (SSSR count). The Morgan fingerprint density at radius 2 is 1.83 bits per heavy atom. The van der Waals surface area contributed by atoms with Crippen molar-refractivity contribution in [3.05, 3.63) is 81.1 Å². The molecule has 1 saturated heterocycles. The predicted molar refractivity (Wildman–Crippen MR) is 140 cm³/mol. The number of nitrogens with one attached hydrogen (secondary N) is 3. The molecule has 1 atom stereocenters. The molecule has 2 aliphatic heterocycles. The summed E-state index contributed by atoms with van der Waals surface area (Å²) in [7, 11) is 0. The van der Waals surface area contributed by atoms with E-state index >= 15 is 0 Å². The zero-order chi connectivity index (χ0) is 25.2. The van der Waals surface area contributed by atoms with E-state index in [0.717, 1.165) is 43.5 Å². The molecule has 1 aromatic heterocycles. The van der Waals surface area contributed by atoms with E-state index in [9.17, 15) is 14.4 Å². The monoisotopic (exact) mass is 485 g/mol. The van der Waals surface area contributed by atoms with Crippen LogP contribution in [0, 0.1) is 19.8 Å². The first-order valence-corrected chi connectivity index (χ1v) is 12.5. The SMILES string of the molecule is Cc1ccc(NC(=O)[C@@H]2CC(=O)Nc3nc(N4CCC(Cc5ccccc5)CC4)[nH]c(=O)c32)c(C)c1. The number of carbonyl (C=O) groups excluding carboxylic acids is 2. The smallest absolute Gasteiger partial charge is 0.258 e. The topological polar surface area (TPSA) is 107 Å². The molecule has 0 spiro atoms. The van der Waals surface area contributed by atoms with Crippen molar-refractivity contribution in [2.24, 2.45) is 5.92 Å². The van der Waals surface area contributed by atoms with E-state index in [1.807, 2.05) is 38.1 Å². The van der Waals surface area contributed by atoms with Crippen LogP contribution in [0.2, 0.25) is 0 Å². The number of nitrogens with zero attached hydrogens (tertiary/aromatic N) is 2. The van der Waals surface area contributed by atoms with Gasteiger partial charge in [-0.1, -0.05) is 48.0 Å². The highest BCUT2D eigenvalue weighted by atomic mass is 16.2. The molecule has 2 aromatic carbocycles. The second-order valence-corrected chi connectivity index (χ2v) is 9.88. The van der Waals surface area contributed by atoms with Gasteiger partial charge in [0.2, 0.25) is 17.8 Å². The third-order valence-corrected chi connectivity index (χ3v) is 7.18. The number of rotatable bonds is 5.